The monoisotopic (exact) mass is 377 g/mol. The van der Waals surface area contributed by atoms with Crippen molar-refractivity contribution in [1.29, 1.82) is 0 Å². The molecule has 0 saturated heterocycles. The summed E-state index contributed by atoms with van der Waals surface area (Å²) in [5.41, 5.74) is 2.39. The molecule has 2 unspecified atom stereocenters. The van der Waals surface area contributed by atoms with E-state index >= 15 is 0 Å². The summed E-state index contributed by atoms with van der Waals surface area (Å²) in [7, 11) is 0. The molecule has 0 radical (unpaired) electrons. The van der Waals surface area contributed by atoms with E-state index in [1.165, 1.54) is 6.20 Å². The maximum Gasteiger partial charge on any atom is 0.359 e. The first-order chi connectivity index (χ1) is 13.6. The SMILES string of the molecule is CCCC(NC(=O)C(C)OC(=O)c1cnc2ccccc2n1)c1ccccc1. The maximum atomic E-state index is 12.6. The van der Waals surface area contributed by atoms with Gasteiger partial charge in [-0.1, -0.05) is 55.8 Å². The lowest BCUT2D eigenvalue weighted by atomic mass is 10.0. The predicted octanol–water partition coefficient (Wildman–Crippen LogP) is 3.83. The van der Waals surface area contributed by atoms with Gasteiger partial charge in [0, 0.05) is 0 Å². The normalized spacial score (nSPS) is 12.9. The quantitative estimate of drug-likeness (QED) is 0.633. The fraction of sp³-hybridized carbons (Fsp3) is 0.273. The molecule has 1 amide bonds. The lowest BCUT2D eigenvalue weighted by Gasteiger charge is -2.21. The van der Waals surface area contributed by atoms with Gasteiger partial charge in [0.1, 0.15) is 0 Å². The van der Waals surface area contributed by atoms with E-state index in [0.717, 1.165) is 18.4 Å². The van der Waals surface area contributed by atoms with E-state index in [4.69, 9.17) is 4.74 Å². The number of para-hydroxylation sites is 2. The van der Waals surface area contributed by atoms with Gasteiger partial charge >= 0.3 is 5.97 Å². The van der Waals surface area contributed by atoms with Gasteiger partial charge < -0.3 is 10.1 Å². The molecule has 3 aromatic rings. The Morgan fingerprint density at radius 2 is 1.71 bits per heavy atom. The number of esters is 1. The number of nitrogens with zero attached hydrogens (tertiary/aromatic N) is 2. The second kappa shape index (κ2) is 9.08. The third-order valence-electron chi connectivity index (χ3n) is 4.41. The highest BCUT2D eigenvalue weighted by Gasteiger charge is 2.23. The molecule has 2 atom stereocenters. The van der Waals surface area contributed by atoms with Crippen LogP contribution in [0.5, 0.6) is 0 Å². The van der Waals surface area contributed by atoms with E-state index in [1.54, 1.807) is 13.0 Å². The molecule has 1 N–H and O–H groups in total. The average molecular weight is 377 g/mol. The molecule has 1 heterocycles. The van der Waals surface area contributed by atoms with Crippen LogP contribution in [0.3, 0.4) is 0 Å². The van der Waals surface area contributed by atoms with Crippen LogP contribution in [0.15, 0.2) is 60.8 Å². The van der Waals surface area contributed by atoms with Crippen LogP contribution >= 0.6 is 0 Å². The first kappa shape index (κ1) is 19.5. The van der Waals surface area contributed by atoms with E-state index in [2.05, 4.69) is 22.2 Å². The fourth-order valence-corrected chi connectivity index (χ4v) is 2.92. The molecule has 0 spiro atoms. The number of hydrogen-bond acceptors (Lipinski definition) is 5. The molecule has 0 fully saturated rings. The van der Waals surface area contributed by atoms with Crippen LogP contribution in [-0.4, -0.2) is 27.9 Å². The standard InChI is InChI=1S/C22H23N3O3/c1-3-9-17(16-10-5-4-6-11-16)25-21(26)15(2)28-22(27)20-14-23-18-12-7-8-13-19(18)24-20/h4-8,10-15,17H,3,9H2,1-2H3,(H,25,26). The molecule has 0 bridgehead atoms. The molecular weight excluding hydrogens is 354 g/mol. The number of carbonyl (C=O) groups is 2. The zero-order chi connectivity index (χ0) is 19.9. The van der Waals surface area contributed by atoms with E-state index < -0.39 is 12.1 Å². The first-order valence-electron chi connectivity index (χ1n) is 9.36. The van der Waals surface area contributed by atoms with Crippen LogP contribution in [0.25, 0.3) is 11.0 Å². The summed E-state index contributed by atoms with van der Waals surface area (Å²) in [5, 5.41) is 2.97. The molecule has 0 aliphatic rings. The molecule has 2 aromatic carbocycles. The number of rotatable bonds is 7. The Bertz CT molecular complexity index is 959. The molecule has 0 aliphatic carbocycles. The van der Waals surface area contributed by atoms with Crippen LogP contribution in [0.4, 0.5) is 0 Å². The topological polar surface area (TPSA) is 81.2 Å². The Morgan fingerprint density at radius 3 is 2.43 bits per heavy atom. The first-order valence-corrected chi connectivity index (χ1v) is 9.36. The van der Waals surface area contributed by atoms with Gasteiger partial charge in [-0.25, -0.2) is 9.78 Å². The minimum atomic E-state index is -0.941. The molecule has 3 rings (SSSR count). The summed E-state index contributed by atoms with van der Waals surface area (Å²) >= 11 is 0. The van der Waals surface area contributed by atoms with Gasteiger partial charge in [-0.05, 0) is 31.0 Å². The summed E-state index contributed by atoms with van der Waals surface area (Å²) in [6.45, 7) is 3.61. The third-order valence-corrected chi connectivity index (χ3v) is 4.41. The van der Waals surface area contributed by atoms with E-state index in [0.29, 0.717) is 11.0 Å². The average Bonchev–Trinajstić information content (AvgIpc) is 2.73. The number of amides is 1. The minimum absolute atomic E-state index is 0.0755. The van der Waals surface area contributed by atoms with Crippen LogP contribution < -0.4 is 5.32 Å². The van der Waals surface area contributed by atoms with Gasteiger partial charge in [0.2, 0.25) is 0 Å². The molecule has 6 nitrogen and oxygen atoms in total. The minimum Gasteiger partial charge on any atom is -0.448 e. The van der Waals surface area contributed by atoms with Crippen LogP contribution in [0, 0.1) is 0 Å². The van der Waals surface area contributed by atoms with E-state index in [-0.39, 0.29) is 17.6 Å². The van der Waals surface area contributed by atoms with Gasteiger partial charge in [-0.2, -0.15) is 0 Å². The number of hydrogen-bond donors (Lipinski definition) is 1. The van der Waals surface area contributed by atoms with Gasteiger partial charge in [0.15, 0.2) is 11.8 Å². The van der Waals surface area contributed by atoms with Crippen LogP contribution in [0.1, 0.15) is 48.8 Å². The van der Waals surface area contributed by atoms with Crippen molar-refractivity contribution < 1.29 is 14.3 Å². The maximum absolute atomic E-state index is 12.6. The molecular formula is C22H23N3O3. The molecule has 28 heavy (non-hydrogen) atoms. The second-order valence-corrected chi connectivity index (χ2v) is 6.55. The molecule has 1 aromatic heterocycles. The highest BCUT2D eigenvalue weighted by atomic mass is 16.5. The number of aromatic nitrogens is 2. The van der Waals surface area contributed by atoms with Crippen molar-refractivity contribution in [3.05, 3.63) is 72.1 Å². The third kappa shape index (κ3) is 4.71. The van der Waals surface area contributed by atoms with E-state index in [9.17, 15) is 9.59 Å². The lowest BCUT2D eigenvalue weighted by molar-refractivity contribution is -0.129. The van der Waals surface area contributed by atoms with Gasteiger partial charge in [-0.15, -0.1) is 0 Å². The van der Waals surface area contributed by atoms with Crippen LogP contribution in [0.2, 0.25) is 0 Å². The van der Waals surface area contributed by atoms with Gasteiger partial charge in [0.05, 0.1) is 23.3 Å². The Labute approximate surface area is 164 Å². The highest BCUT2D eigenvalue weighted by molar-refractivity contribution is 5.92. The lowest BCUT2D eigenvalue weighted by Crippen LogP contribution is -2.38. The predicted molar refractivity (Wildman–Crippen MR) is 107 cm³/mol. The largest absolute Gasteiger partial charge is 0.448 e. The van der Waals surface area contributed by atoms with E-state index in [1.807, 2.05) is 48.5 Å². The molecule has 0 saturated carbocycles. The summed E-state index contributed by atoms with van der Waals surface area (Å²) in [6.07, 6.45) is 2.13. The smallest absolute Gasteiger partial charge is 0.359 e. The zero-order valence-electron chi connectivity index (χ0n) is 16.0. The van der Waals surface area contributed by atoms with Crippen molar-refractivity contribution in [3.8, 4) is 0 Å². The summed E-state index contributed by atoms with van der Waals surface area (Å²) < 4.78 is 5.31. The Kier molecular flexibility index (Phi) is 6.32. The number of ether oxygens (including phenoxy) is 1. The van der Waals surface area contributed by atoms with Crippen molar-refractivity contribution in [2.75, 3.05) is 0 Å². The van der Waals surface area contributed by atoms with Gasteiger partial charge in [0.25, 0.3) is 5.91 Å². The fourth-order valence-electron chi connectivity index (χ4n) is 2.92. The zero-order valence-corrected chi connectivity index (χ0v) is 16.0. The molecule has 144 valence electrons. The summed E-state index contributed by atoms with van der Waals surface area (Å²) in [5.74, 6) is -1.02. The second-order valence-electron chi connectivity index (χ2n) is 6.55. The number of nitrogens with one attached hydrogen (secondary N) is 1. The molecule has 6 heteroatoms. The van der Waals surface area contributed by atoms with Crippen molar-refractivity contribution in [2.24, 2.45) is 0 Å². The van der Waals surface area contributed by atoms with Crippen molar-refractivity contribution in [1.82, 2.24) is 15.3 Å². The number of carbonyl (C=O) groups excluding carboxylic acids is 2. The van der Waals surface area contributed by atoms with Crippen molar-refractivity contribution >= 4 is 22.9 Å². The molecule has 0 aliphatic heterocycles. The van der Waals surface area contributed by atoms with Crippen LogP contribution in [-0.2, 0) is 9.53 Å². The summed E-state index contributed by atoms with van der Waals surface area (Å²) in [4.78, 5) is 33.4. The van der Waals surface area contributed by atoms with Gasteiger partial charge in [-0.3, -0.25) is 9.78 Å². The Morgan fingerprint density at radius 1 is 1.04 bits per heavy atom. The number of benzene rings is 2. The number of fused-ring (bicyclic) bond motifs is 1. The Hall–Kier alpha value is -3.28. The highest BCUT2D eigenvalue weighted by Crippen LogP contribution is 2.18. The summed E-state index contributed by atoms with van der Waals surface area (Å²) in [6, 6.07) is 16.9. The van der Waals surface area contributed by atoms with Crippen molar-refractivity contribution in [2.45, 2.75) is 38.8 Å². The van der Waals surface area contributed by atoms with Crippen molar-refractivity contribution in [3.63, 3.8) is 0 Å². The Balaban J connectivity index is 1.65.